The van der Waals surface area contributed by atoms with Gasteiger partial charge in [0.2, 0.25) is 0 Å². The predicted molar refractivity (Wildman–Crippen MR) is 132 cm³/mol. The van der Waals surface area contributed by atoms with Gasteiger partial charge in [-0.25, -0.2) is 4.68 Å². The van der Waals surface area contributed by atoms with Crippen molar-refractivity contribution in [3.05, 3.63) is 93.3 Å². The van der Waals surface area contributed by atoms with E-state index in [2.05, 4.69) is 41.3 Å². The number of aryl methyl sites for hydroxylation is 2. The van der Waals surface area contributed by atoms with E-state index in [-0.39, 0.29) is 12.2 Å². The first-order valence-electron chi connectivity index (χ1n) is 11.1. The van der Waals surface area contributed by atoms with Crippen molar-refractivity contribution in [2.24, 2.45) is 4.99 Å². The van der Waals surface area contributed by atoms with Crippen molar-refractivity contribution in [3.8, 4) is 5.69 Å². The zero-order valence-corrected chi connectivity index (χ0v) is 19.5. The van der Waals surface area contributed by atoms with Crippen molar-refractivity contribution in [1.82, 2.24) is 19.6 Å². The van der Waals surface area contributed by atoms with Gasteiger partial charge in [0.05, 0.1) is 46.3 Å². The number of hydrogen-bond acceptors (Lipinski definition) is 5. The van der Waals surface area contributed by atoms with Gasteiger partial charge in [-0.05, 0) is 62.4 Å². The molecule has 33 heavy (non-hydrogen) atoms. The van der Waals surface area contributed by atoms with E-state index in [1.807, 2.05) is 58.2 Å². The lowest BCUT2D eigenvalue weighted by Crippen LogP contribution is -2.09. The zero-order chi connectivity index (χ0) is 22.8. The van der Waals surface area contributed by atoms with Gasteiger partial charge in [-0.2, -0.15) is 10.2 Å². The average Bonchev–Trinajstić information content (AvgIpc) is 3.56. The molecule has 3 aromatic heterocycles. The quantitative estimate of drug-likeness (QED) is 0.339. The summed E-state index contributed by atoms with van der Waals surface area (Å²) in [4.78, 5) is 18.2. The summed E-state index contributed by atoms with van der Waals surface area (Å²) in [5.74, 6) is 0.0990. The number of rotatable bonds is 7. The van der Waals surface area contributed by atoms with Gasteiger partial charge in [0, 0.05) is 17.5 Å². The molecule has 1 aliphatic rings. The summed E-state index contributed by atoms with van der Waals surface area (Å²) in [5, 5.41) is 11.6. The molecule has 5 rings (SSSR count). The lowest BCUT2D eigenvalue weighted by Gasteiger charge is -2.13. The van der Waals surface area contributed by atoms with Crippen LogP contribution in [0.4, 0.5) is 0 Å². The van der Waals surface area contributed by atoms with Crippen molar-refractivity contribution < 1.29 is 4.79 Å². The molecule has 0 unspecified atom stereocenters. The van der Waals surface area contributed by atoms with Gasteiger partial charge in [0.25, 0.3) is 0 Å². The van der Waals surface area contributed by atoms with Crippen LogP contribution in [0.25, 0.3) is 11.3 Å². The summed E-state index contributed by atoms with van der Waals surface area (Å²) in [6.07, 6.45) is 3.86. The lowest BCUT2D eigenvalue weighted by atomic mass is 9.99. The van der Waals surface area contributed by atoms with Crippen LogP contribution >= 0.6 is 11.3 Å². The number of aliphatic imine (C=N–C) groups is 1. The smallest absolute Gasteiger partial charge is 0.178 e. The highest BCUT2D eigenvalue weighted by Crippen LogP contribution is 2.31. The molecule has 0 saturated heterocycles. The Morgan fingerprint density at radius 2 is 1.91 bits per heavy atom. The Morgan fingerprint density at radius 1 is 1.06 bits per heavy atom. The number of thiophene rings is 1. The largest absolute Gasteiger partial charge is 0.293 e. The average molecular weight is 456 g/mol. The van der Waals surface area contributed by atoms with Gasteiger partial charge in [-0.15, -0.1) is 11.3 Å². The van der Waals surface area contributed by atoms with E-state index in [1.54, 1.807) is 0 Å². The first-order valence-corrected chi connectivity index (χ1v) is 11.9. The van der Waals surface area contributed by atoms with Crippen molar-refractivity contribution in [2.45, 2.75) is 39.7 Å². The summed E-state index contributed by atoms with van der Waals surface area (Å²) in [6, 6.07) is 18.1. The van der Waals surface area contributed by atoms with Gasteiger partial charge in [-0.1, -0.05) is 24.3 Å². The number of ketones is 1. The summed E-state index contributed by atoms with van der Waals surface area (Å²) in [5.41, 5.74) is 6.88. The van der Waals surface area contributed by atoms with Crippen molar-refractivity contribution in [2.75, 3.05) is 0 Å². The number of benzene rings is 1. The number of carbonyl (C=O) groups excluding carboxylic acids is 1. The summed E-state index contributed by atoms with van der Waals surface area (Å²) in [7, 11) is 0. The Balaban J connectivity index is 1.56. The first kappa shape index (κ1) is 21.3. The Kier molecular flexibility index (Phi) is 5.88. The molecular weight excluding hydrogens is 430 g/mol. The number of nitrogens with zero attached hydrogens (tertiary/aromatic N) is 5. The number of aromatic nitrogens is 4. The predicted octanol–water partition coefficient (Wildman–Crippen LogP) is 5.64. The molecule has 0 amide bonds. The Morgan fingerprint density at radius 3 is 2.64 bits per heavy atom. The molecule has 0 N–H and O–H groups in total. The van der Waals surface area contributed by atoms with E-state index in [4.69, 9.17) is 5.10 Å². The van der Waals surface area contributed by atoms with Crippen LogP contribution < -0.4 is 0 Å². The summed E-state index contributed by atoms with van der Waals surface area (Å²) < 4.78 is 3.99. The minimum absolute atomic E-state index is 0.0990. The molecule has 0 radical (unpaired) electrons. The monoisotopic (exact) mass is 455 g/mol. The summed E-state index contributed by atoms with van der Waals surface area (Å²) >= 11 is 1.47. The SMILES string of the molecule is Cc1cc(C)n(Cc2cc(C3=C(CC(=O)c4cccs4)N=CCC3)nn2-c2ccccc2)n1. The maximum absolute atomic E-state index is 12.8. The van der Waals surface area contributed by atoms with Crippen LogP contribution in [-0.2, 0) is 6.54 Å². The lowest BCUT2D eigenvalue weighted by molar-refractivity contribution is 0.0996. The van der Waals surface area contributed by atoms with E-state index in [0.717, 1.165) is 57.5 Å². The molecular formula is C26H25N5OS. The van der Waals surface area contributed by atoms with Crippen LogP contribution in [0.5, 0.6) is 0 Å². The van der Waals surface area contributed by atoms with E-state index < -0.39 is 0 Å². The van der Waals surface area contributed by atoms with E-state index in [1.165, 1.54) is 11.3 Å². The first-order chi connectivity index (χ1) is 16.1. The molecule has 0 atom stereocenters. The third kappa shape index (κ3) is 4.50. The fourth-order valence-corrected chi connectivity index (χ4v) is 4.84. The van der Waals surface area contributed by atoms with Crippen molar-refractivity contribution >= 4 is 28.9 Å². The van der Waals surface area contributed by atoms with Gasteiger partial charge < -0.3 is 0 Å². The highest BCUT2D eigenvalue weighted by Gasteiger charge is 2.21. The van der Waals surface area contributed by atoms with Crippen LogP contribution in [-0.4, -0.2) is 31.6 Å². The van der Waals surface area contributed by atoms with Gasteiger partial charge >= 0.3 is 0 Å². The molecule has 0 saturated carbocycles. The van der Waals surface area contributed by atoms with E-state index in [0.29, 0.717) is 6.54 Å². The fourth-order valence-electron chi connectivity index (χ4n) is 4.17. The molecule has 0 aliphatic carbocycles. The second-order valence-corrected chi connectivity index (χ2v) is 9.15. The summed E-state index contributed by atoms with van der Waals surface area (Å²) in [6.45, 7) is 4.68. The molecule has 6 nitrogen and oxygen atoms in total. The van der Waals surface area contributed by atoms with Gasteiger partial charge in [0.15, 0.2) is 5.78 Å². The molecule has 1 aliphatic heterocycles. The topological polar surface area (TPSA) is 65.1 Å². The van der Waals surface area contributed by atoms with Gasteiger partial charge in [0.1, 0.15) is 0 Å². The highest BCUT2D eigenvalue weighted by atomic mass is 32.1. The van der Waals surface area contributed by atoms with Crippen LogP contribution in [0.2, 0.25) is 0 Å². The number of para-hydroxylation sites is 1. The van der Waals surface area contributed by atoms with Crippen LogP contribution in [0.3, 0.4) is 0 Å². The van der Waals surface area contributed by atoms with E-state index in [9.17, 15) is 4.79 Å². The molecule has 4 aromatic rings. The maximum atomic E-state index is 12.8. The molecule has 0 bridgehead atoms. The third-order valence-electron chi connectivity index (χ3n) is 5.75. The fraction of sp³-hybridized carbons (Fsp3) is 0.231. The van der Waals surface area contributed by atoms with Crippen LogP contribution in [0.1, 0.15) is 51.7 Å². The van der Waals surface area contributed by atoms with Crippen LogP contribution in [0, 0.1) is 13.8 Å². The Labute approximate surface area is 196 Å². The second-order valence-electron chi connectivity index (χ2n) is 8.21. The molecule has 1 aromatic carbocycles. The van der Waals surface area contributed by atoms with Gasteiger partial charge in [-0.3, -0.25) is 14.5 Å². The molecule has 0 fully saturated rings. The normalized spacial score (nSPS) is 13.6. The zero-order valence-electron chi connectivity index (χ0n) is 18.7. The second kappa shape index (κ2) is 9.11. The highest BCUT2D eigenvalue weighted by molar-refractivity contribution is 7.12. The number of Topliss-reactive ketones (excluding diaryl/α,β-unsaturated/α-hetero) is 1. The molecule has 7 heteroatoms. The number of allylic oxidation sites excluding steroid dienone is 2. The molecule has 166 valence electrons. The third-order valence-corrected chi connectivity index (χ3v) is 6.66. The molecule has 0 spiro atoms. The standard InChI is InChI=1S/C26H25N5OS/c1-18-14-19(2)30(28-18)17-21-15-24(29-31(21)20-8-4-3-5-9-20)22-10-6-12-27-23(22)16-25(32)26-11-7-13-33-26/h3-5,7-9,11-15H,6,10,16-17H2,1-2H3. The Hall–Kier alpha value is -3.58. The van der Waals surface area contributed by atoms with E-state index >= 15 is 0 Å². The molecule has 4 heterocycles. The minimum Gasteiger partial charge on any atom is -0.293 e. The number of hydrogen-bond donors (Lipinski definition) is 0. The number of carbonyl (C=O) groups is 1. The van der Waals surface area contributed by atoms with Crippen molar-refractivity contribution in [3.63, 3.8) is 0 Å². The van der Waals surface area contributed by atoms with Crippen molar-refractivity contribution in [1.29, 1.82) is 0 Å². The minimum atomic E-state index is 0.0990. The maximum Gasteiger partial charge on any atom is 0.178 e. The van der Waals surface area contributed by atoms with Crippen LogP contribution in [0.15, 0.2) is 70.7 Å². The Bertz CT molecular complexity index is 1340.